The summed E-state index contributed by atoms with van der Waals surface area (Å²) in [7, 11) is 1.89. The molecule has 106 valence electrons. The smallest absolute Gasteiger partial charge is 0.335 e. The first-order chi connectivity index (χ1) is 9.47. The molecule has 0 unspecified atom stereocenters. The van der Waals surface area contributed by atoms with Crippen molar-refractivity contribution in [3.8, 4) is 0 Å². The van der Waals surface area contributed by atoms with E-state index < -0.39 is 11.8 Å². The highest BCUT2D eigenvalue weighted by atomic mass is 32.1. The van der Waals surface area contributed by atoms with E-state index >= 15 is 0 Å². The number of aryl methyl sites for hydroxylation is 1. The Kier molecular flexibility index (Phi) is 4.46. The van der Waals surface area contributed by atoms with E-state index in [4.69, 9.17) is 5.11 Å². The number of aromatic carboxylic acids is 1. The fourth-order valence-electron chi connectivity index (χ4n) is 1.88. The topological polar surface area (TPSA) is 53.4 Å². The number of halogens is 1. The van der Waals surface area contributed by atoms with Gasteiger partial charge in [0, 0.05) is 23.5 Å². The van der Waals surface area contributed by atoms with E-state index in [1.807, 2.05) is 18.9 Å². The van der Waals surface area contributed by atoms with Crippen LogP contribution in [0.2, 0.25) is 0 Å². The minimum atomic E-state index is -1.12. The van der Waals surface area contributed by atoms with Crippen molar-refractivity contribution >= 4 is 17.3 Å². The Hall–Kier alpha value is -1.79. The van der Waals surface area contributed by atoms with Gasteiger partial charge in [-0.3, -0.25) is 4.90 Å². The van der Waals surface area contributed by atoms with Crippen molar-refractivity contribution in [2.24, 2.45) is 0 Å². The number of carboxylic acids is 1. The number of benzene rings is 1. The molecule has 2 rings (SSSR count). The standard InChI is InChI=1S/C14H15FN2O2S/c1-9-13(20-8-16-9)7-17(2)6-11-4-3-10(14(18)19)5-12(11)15/h3-5,8H,6-7H2,1-2H3,(H,18,19). The number of hydrogen-bond donors (Lipinski definition) is 1. The van der Waals surface area contributed by atoms with Crippen LogP contribution in [-0.4, -0.2) is 28.0 Å². The highest BCUT2D eigenvalue weighted by Gasteiger charge is 2.11. The zero-order valence-corrected chi connectivity index (χ0v) is 12.1. The molecule has 0 spiro atoms. The minimum absolute atomic E-state index is 0.0350. The van der Waals surface area contributed by atoms with E-state index in [-0.39, 0.29) is 5.56 Å². The summed E-state index contributed by atoms with van der Waals surface area (Å²) in [5, 5.41) is 8.80. The predicted molar refractivity (Wildman–Crippen MR) is 75.4 cm³/mol. The summed E-state index contributed by atoms with van der Waals surface area (Å²) in [5.74, 6) is -1.61. The second-order valence-electron chi connectivity index (χ2n) is 4.64. The van der Waals surface area contributed by atoms with Crippen LogP contribution in [0.5, 0.6) is 0 Å². The predicted octanol–water partition coefficient (Wildman–Crippen LogP) is 2.92. The normalized spacial score (nSPS) is 11.0. The third-order valence-corrected chi connectivity index (χ3v) is 3.92. The SMILES string of the molecule is Cc1ncsc1CN(C)Cc1ccc(C(=O)O)cc1F. The van der Waals surface area contributed by atoms with Crippen LogP contribution in [0.3, 0.4) is 0 Å². The quantitative estimate of drug-likeness (QED) is 0.921. The van der Waals surface area contributed by atoms with Crippen LogP contribution in [0.15, 0.2) is 23.7 Å². The zero-order chi connectivity index (χ0) is 14.7. The molecule has 1 N–H and O–H groups in total. The van der Waals surface area contributed by atoms with Gasteiger partial charge >= 0.3 is 5.97 Å². The van der Waals surface area contributed by atoms with Gasteiger partial charge in [-0.15, -0.1) is 11.3 Å². The van der Waals surface area contributed by atoms with E-state index in [1.165, 1.54) is 12.1 Å². The lowest BCUT2D eigenvalue weighted by molar-refractivity contribution is 0.0696. The molecule has 20 heavy (non-hydrogen) atoms. The maximum atomic E-state index is 13.8. The van der Waals surface area contributed by atoms with E-state index in [2.05, 4.69) is 4.98 Å². The van der Waals surface area contributed by atoms with E-state index in [9.17, 15) is 9.18 Å². The lowest BCUT2D eigenvalue weighted by atomic mass is 10.1. The molecule has 1 heterocycles. The number of carboxylic acid groups (broad SMARTS) is 1. The lowest BCUT2D eigenvalue weighted by Gasteiger charge is -2.16. The van der Waals surface area contributed by atoms with Crippen molar-refractivity contribution in [1.29, 1.82) is 0 Å². The Bertz CT molecular complexity index is 627. The van der Waals surface area contributed by atoms with Gasteiger partial charge < -0.3 is 5.11 Å². The van der Waals surface area contributed by atoms with Gasteiger partial charge in [0.05, 0.1) is 16.8 Å². The van der Waals surface area contributed by atoms with Crippen LogP contribution in [0.4, 0.5) is 4.39 Å². The molecule has 0 aliphatic heterocycles. The maximum absolute atomic E-state index is 13.8. The number of aromatic nitrogens is 1. The van der Waals surface area contributed by atoms with Crippen LogP contribution in [-0.2, 0) is 13.1 Å². The minimum Gasteiger partial charge on any atom is -0.478 e. The largest absolute Gasteiger partial charge is 0.478 e. The van der Waals surface area contributed by atoms with Crippen molar-refractivity contribution in [3.63, 3.8) is 0 Å². The highest BCUT2D eigenvalue weighted by Crippen LogP contribution is 2.17. The summed E-state index contributed by atoms with van der Waals surface area (Å²) in [5.41, 5.74) is 3.23. The second-order valence-corrected chi connectivity index (χ2v) is 5.58. The van der Waals surface area contributed by atoms with Crippen molar-refractivity contribution in [2.75, 3.05) is 7.05 Å². The highest BCUT2D eigenvalue weighted by molar-refractivity contribution is 7.09. The van der Waals surface area contributed by atoms with Gasteiger partial charge in [0.25, 0.3) is 0 Å². The van der Waals surface area contributed by atoms with Crippen molar-refractivity contribution in [2.45, 2.75) is 20.0 Å². The molecule has 6 heteroatoms. The molecule has 0 amide bonds. The van der Waals surface area contributed by atoms with Crippen LogP contribution in [0.1, 0.15) is 26.5 Å². The summed E-state index contributed by atoms with van der Waals surface area (Å²) in [6, 6.07) is 4.00. The van der Waals surface area contributed by atoms with Crippen molar-refractivity contribution < 1.29 is 14.3 Å². The van der Waals surface area contributed by atoms with E-state index in [0.717, 1.165) is 16.6 Å². The molecular weight excluding hydrogens is 279 g/mol. The summed E-state index contributed by atoms with van der Waals surface area (Å²) >= 11 is 1.57. The van der Waals surface area contributed by atoms with Gasteiger partial charge in [-0.2, -0.15) is 0 Å². The van der Waals surface area contributed by atoms with Gasteiger partial charge in [-0.25, -0.2) is 14.2 Å². The average Bonchev–Trinajstić information content (AvgIpc) is 2.77. The summed E-state index contributed by atoms with van der Waals surface area (Å²) in [4.78, 5) is 18.1. The second kappa shape index (κ2) is 6.11. The summed E-state index contributed by atoms with van der Waals surface area (Å²) in [6.45, 7) is 3.06. The molecule has 0 aliphatic rings. The maximum Gasteiger partial charge on any atom is 0.335 e. The summed E-state index contributed by atoms with van der Waals surface area (Å²) in [6.07, 6.45) is 0. The molecule has 0 fully saturated rings. The number of hydrogen-bond acceptors (Lipinski definition) is 4. The molecule has 0 saturated heterocycles. The third-order valence-electron chi connectivity index (χ3n) is 3.00. The molecule has 4 nitrogen and oxygen atoms in total. The molecule has 0 saturated carbocycles. The fraction of sp³-hybridized carbons (Fsp3) is 0.286. The summed E-state index contributed by atoms with van der Waals surface area (Å²) < 4.78 is 13.8. The van der Waals surface area contributed by atoms with Crippen LogP contribution < -0.4 is 0 Å². The third kappa shape index (κ3) is 3.40. The van der Waals surface area contributed by atoms with E-state index in [0.29, 0.717) is 18.7 Å². The Morgan fingerprint density at radius 1 is 1.45 bits per heavy atom. The monoisotopic (exact) mass is 294 g/mol. The van der Waals surface area contributed by atoms with Crippen molar-refractivity contribution in [3.05, 3.63) is 51.2 Å². The Balaban J connectivity index is 2.06. The van der Waals surface area contributed by atoms with Gasteiger partial charge in [0.2, 0.25) is 0 Å². The van der Waals surface area contributed by atoms with Crippen LogP contribution in [0.25, 0.3) is 0 Å². The first kappa shape index (κ1) is 14.6. The number of carbonyl (C=O) groups is 1. The van der Waals surface area contributed by atoms with E-state index in [1.54, 1.807) is 16.8 Å². The molecule has 0 aliphatic carbocycles. The van der Waals surface area contributed by atoms with Gasteiger partial charge in [0.15, 0.2) is 0 Å². The molecule has 0 atom stereocenters. The molecule has 0 bridgehead atoms. The number of nitrogens with zero attached hydrogens (tertiary/aromatic N) is 2. The van der Waals surface area contributed by atoms with Crippen LogP contribution >= 0.6 is 11.3 Å². The van der Waals surface area contributed by atoms with Gasteiger partial charge in [0.1, 0.15) is 5.82 Å². The Labute approximate surface area is 120 Å². The Morgan fingerprint density at radius 3 is 2.75 bits per heavy atom. The fourth-order valence-corrected chi connectivity index (χ4v) is 2.73. The lowest BCUT2D eigenvalue weighted by Crippen LogP contribution is -2.18. The molecular formula is C14H15FN2O2S. The first-order valence-corrected chi connectivity index (χ1v) is 6.94. The molecule has 1 aromatic heterocycles. The van der Waals surface area contributed by atoms with Crippen LogP contribution in [0, 0.1) is 12.7 Å². The molecule has 1 aromatic carbocycles. The Morgan fingerprint density at radius 2 is 2.20 bits per heavy atom. The average molecular weight is 294 g/mol. The molecule has 0 radical (unpaired) electrons. The van der Waals surface area contributed by atoms with Crippen molar-refractivity contribution in [1.82, 2.24) is 9.88 Å². The van der Waals surface area contributed by atoms with Gasteiger partial charge in [-0.05, 0) is 26.1 Å². The molecule has 2 aromatic rings. The number of thiazole rings is 1. The zero-order valence-electron chi connectivity index (χ0n) is 11.3. The number of rotatable bonds is 5. The first-order valence-electron chi connectivity index (χ1n) is 6.06. The van der Waals surface area contributed by atoms with Gasteiger partial charge in [-0.1, -0.05) is 6.07 Å².